The van der Waals surface area contributed by atoms with Crippen molar-refractivity contribution in [3.05, 3.63) is 24.3 Å². The third-order valence-electron chi connectivity index (χ3n) is 3.92. The second-order valence-electron chi connectivity index (χ2n) is 5.55. The van der Waals surface area contributed by atoms with Crippen LogP contribution in [0.15, 0.2) is 24.3 Å². The van der Waals surface area contributed by atoms with Crippen molar-refractivity contribution in [1.82, 2.24) is 0 Å². The van der Waals surface area contributed by atoms with Gasteiger partial charge >= 0.3 is 0 Å². The first-order valence-electron chi connectivity index (χ1n) is 7.05. The monoisotopic (exact) mass is 272 g/mol. The molecule has 0 spiro atoms. The van der Waals surface area contributed by atoms with E-state index in [0.29, 0.717) is 5.75 Å². The van der Waals surface area contributed by atoms with Crippen molar-refractivity contribution in [2.45, 2.75) is 39.0 Å². The maximum absolute atomic E-state index is 12.4. The zero-order valence-electron chi connectivity index (χ0n) is 11.8. The highest BCUT2D eigenvalue weighted by molar-refractivity contribution is 5.95. The number of amides is 1. The van der Waals surface area contributed by atoms with E-state index in [4.69, 9.17) is 10.00 Å². The molecular formula is C16H20N2O2. The molecule has 0 bridgehead atoms. The van der Waals surface area contributed by atoms with E-state index in [9.17, 15) is 4.79 Å². The number of anilines is 1. The number of nitrogens with zero attached hydrogens (tertiary/aromatic N) is 1. The predicted molar refractivity (Wildman–Crippen MR) is 77.4 cm³/mol. The Balaban J connectivity index is 1.95. The SMILES string of the molecule is CC1(C(=O)Nc2ccc(OCC#N)cc2)CCCCC1. The Hall–Kier alpha value is -2.02. The molecule has 0 radical (unpaired) electrons. The average molecular weight is 272 g/mol. The van der Waals surface area contributed by atoms with Gasteiger partial charge in [0, 0.05) is 11.1 Å². The molecular weight excluding hydrogens is 252 g/mol. The number of rotatable bonds is 4. The first-order valence-corrected chi connectivity index (χ1v) is 7.05. The summed E-state index contributed by atoms with van der Waals surface area (Å²) in [7, 11) is 0. The topological polar surface area (TPSA) is 62.1 Å². The molecule has 106 valence electrons. The normalized spacial score (nSPS) is 17.0. The average Bonchev–Trinajstić information content (AvgIpc) is 2.47. The van der Waals surface area contributed by atoms with Crippen molar-refractivity contribution in [3.63, 3.8) is 0 Å². The first-order chi connectivity index (χ1) is 9.64. The Morgan fingerprint density at radius 2 is 1.95 bits per heavy atom. The summed E-state index contributed by atoms with van der Waals surface area (Å²) in [6, 6.07) is 9.04. The second-order valence-corrected chi connectivity index (χ2v) is 5.55. The van der Waals surface area contributed by atoms with Crippen LogP contribution in [-0.4, -0.2) is 12.5 Å². The van der Waals surface area contributed by atoms with E-state index in [-0.39, 0.29) is 17.9 Å². The molecule has 4 nitrogen and oxygen atoms in total. The molecule has 4 heteroatoms. The highest BCUT2D eigenvalue weighted by Crippen LogP contribution is 2.36. The van der Waals surface area contributed by atoms with Crippen molar-refractivity contribution in [3.8, 4) is 11.8 Å². The van der Waals surface area contributed by atoms with Crippen molar-refractivity contribution >= 4 is 11.6 Å². The maximum atomic E-state index is 12.4. The molecule has 1 aliphatic rings. The van der Waals surface area contributed by atoms with E-state index in [1.54, 1.807) is 24.3 Å². The molecule has 0 saturated heterocycles. The second kappa shape index (κ2) is 6.42. The Bertz CT molecular complexity index is 496. The van der Waals surface area contributed by atoms with Gasteiger partial charge in [-0.1, -0.05) is 26.2 Å². The zero-order valence-corrected chi connectivity index (χ0v) is 11.8. The van der Waals surface area contributed by atoms with E-state index in [1.165, 1.54) is 6.42 Å². The van der Waals surface area contributed by atoms with Gasteiger partial charge in [-0.05, 0) is 37.1 Å². The van der Waals surface area contributed by atoms with E-state index < -0.39 is 0 Å². The van der Waals surface area contributed by atoms with Gasteiger partial charge in [0.2, 0.25) is 5.91 Å². The van der Waals surface area contributed by atoms with Crippen LogP contribution in [0.2, 0.25) is 0 Å². The van der Waals surface area contributed by atoms with Crippen molar-refractivity contribution < 1.29 is 9.53 Å². The Morgan fingerprint density at radius 1 is 1.30 bits per heavy atom. The molecule has 1 N–H and O–H groups in total. The van der Waals surface area contributed by atoms with Crippen LogP contribution in [0.25, 0.3) is 0 Å². The zero-order chi connectivity index (χ0) is 14.4. The van der Waals surface area contributed by atoms with Crippen molar-refractivity contribution in [2.24, 2.45) is 5.41 Å². The summed E-state index contributed by atoms with van der Waals surface area (Å²) < 4.78 is 5.18. The van der Waals surface area contributed by atoms with Crippen molar-refractivity contribution in [1.29, 1.82) is 5.26 Å². The molecule has 1 aromatic rings. The van der Waals surface area contributed by atoms with Gasteiger partial charge in [0.1, 0.15) is 11.8 Å². The van der Waals surface area contributed by atoms with Crippen LogP contribution in [0.4, 0.5) is 5.69 Å². The van der Waals surface area contributed by atoms with Gasteiger partial charge in [-0.25, -0.2) is 0 Å². The number of carbonyl (C=O) groups is 1. The van der Waals surface area contributed by atoms with Crippen molar-refractivity contribution in [2.75, 3.05) is 11.9 Å². The Morgan fingerprint density at radius 3 is 2.55 bits per heavy atom. The summed E-state index contributed by atoms with van der Waals surface area (Å²) in [6.45, 7) is 2.08. The van der Waals surface area contributed by atoms with Gasteiger partial charge in [-0.15, -0.1) is 0 Å². The van der Waals surface area contributed by atoms with Crippen LogP contribution in [0.3, 0.4) is 0 Å². The molecule has 1 amide bonds. The number of nitriles is 1. The quantitative estimate of drug-likeness (QED) is 0.912. The molecule has 1 saturated carbocycles. The Labute approximate surface area is 119 Å². The largest absolute Gasteiger partial charge is 0.479 e. The van der Waals surface area contributed by atoms with Gasteiger partial charge in [0.15, 0.2) is 6.61 Å². The fourth-order valence-electron chi connectivity index (χ4n) is 2.59. The lowest BCUT2D eigenvalue weighted by atomic mass is 9.75. The highest BCUT2D eigenvalue weighted by Gasteiger charge is 2.34. The van der Waals surface area contributed by atoms with Crippen LogP contribution in [0, 0.1) is 16.7 Å². The molecule has 0 aliphatic heterocycles. The summed E-state index contributed by atoms with van der Waals surface area (Å²) in [6.07, 6.45) is 5.41. The van der Waals surface area contributed by atoms with Gasteiger partial charge < -0.3 is 10.1 Å². The molecule has 2 rings (SSSR count). The van der Waals surface area contributed by atoms with Gasteiger partial charge in [0.25, 0.3) is 0 Å². The minimum atomic E-state index is -0.242. The summed E-state index contributed by atoms with van der Waals surface area (Å²) in [5.41, 5.74) is 0.528. The van der Waals surface area contributed by atoms with Gasteiger partial charge in [-0.3, -0.25) is 4.79 Å². The first kappa shape index (κ1) is 14.4. The Kier molecular flexibility index (Phi) is 4.62. The molecule has 0 unspecified atom stereocenters. The lowest BCUT2D eigenvalue weighted by Crippen LogP contribution is -2.35. The number of hydrogen-bond donors (Lipinski definition) is 1. The number of nitrogens with one attached hydrogen (secondary N) is 1. The number of hydrogen-bond acceptors (Lipinski definition) is 3. The van der Waals surface area contributed by atoms with E-state index in [2.05, 4.69) is 5.32 Å². The number of ether oxygens (including phenoxy) is 1. The van der Waals surface area contributed by atoms with Crippen LogP contribution in [0.1, 0.15) is 39.0 Å². The molecule has 1 fully saturated rings. The summed E-state index contributed by atoms with van der Waals surface area (Å²) in [5, 5.41) is 11.4. The third kappa shape index (κ3) is 3.51. The number of carbonyl (C=O) groups excluding carboxylic acids is 1. The smallest absolute Gasteiger partial charge is 0.230 e. The van der Waals surface area contributed by atoms with Crippen LogP contribution >= 0.6 is 0 Å². The molecule has 1 aromatic carbocycles. The minimum Gasteiger partial charge on any atom is -0.479 e. The standard InChI is InChI=1S/C16H20N2O2/c1-16(9-3-2-4-10-16)15(19)18-13-5-7-14(8-6-13)20-12-11-17/h5-8H,2-4,9-10,12H2,1H3,(H,18,19). The lowest BCUT2D eigenvalue weighted by molar-refractivity contribution is -0.126. The fraction of sp³-hybridized carbons (Fsp3) is 0.500. The summed E-state index contributed by atoms with van der Waals surface area (Å²) >= 11 is 0. The van der Waals surface area contributed by atoms with Gasteiger partial charge in [0.05, 0.1) is 0 Å². The molecule has 1 aliphatic carbocycles. The summed E-state index contributed by atoms with van der Waals surface area (Å²) in [5.74, 6) is 0.733. The van der Waals surface area contributed by atoms with Crippen LogP contribution < -0.4 is 10.1 Å². The minimum absolute atomic E-state index is 0.0315. The van der Waals surface area contributed by atoms with Crippen LogP contribution in [-0.2, 0) is 4.79 Å². The van der Waals surface area contributed by atoms with Gasteiger partial charge in [-0.2, -0.15) is 5.26 Å². The van der Waals surface area contributed by atoms with E-state index in [1.807, 2.05) is 13.0 Å². The molecule has 0 atom stereocenters. The highest BCUT2D eigenvalue weighted by atomic mass is 16.5. The molecule has 20 heavy (non-hydrogen) atoms. The lowest BCUT2D eigenvalue weighted by Gasteiger charge is -2.32. The molecule has 0 heterocycles. The van der Waals surface area contributed by atoms with E-state index in [0.717, 1.165) is 31.4 Å². The predicted octanol–water partition coefficient (Wildman–Crippen LogP) is 3.50. The third-order valence-corrected chi connectivity index (χ3v) is 3.92. The maximum Gasteiger partial charge on any atom is 0.230 e. The molecule has 0 aromatic heterocycles. The number of benzene rings is 1. The van der Waals surface area contributed by atoms with E-state index >= 15 is 0 Å². The summed E-state index contributed by atoms with van der Waals surface area (Å²) in [4.78, 5) is 12.4. The van der Waals surface area contributed by atoms with Crippen LogP contribution in [0.5, 0.6) is 5.75 Å². The fourth-order valence-corrected chi connectivity index (χ4v) is 2.59.